The third-order valence-electron chi connectivity index (χ3n) is 4.21. The summed E-state index contributed by atoms with van der Waals surface area (Å²) in [6, 6.07) is 11.8. The number of hydrazone groups is 1. The van der Waals surface area contributed by atoms with Crippen LogP contribution in [0.4, 0.5) is 0 Å². The number of hydrogen-bond donors (Lipinski definition) is 0. The fourth-order valence-electron chi connectivity index (χ4n) is 2.90. The first kappa shape index (κ1) is 17.2. The average molecular weight is 361 g/mol. The Balaban J connectivity index is 1.82. The Morgan fingerprint density at radius 1 is 1.29 bits per heavy atom. The topological polar surface area (TPSA) is 32.7 Å². The van der Waals surface area contributed by atoms with Gasteiger partial charge in [0.05, 0.1) is 11.8 Å². The van der Waals surface area contributed by atoms with E-state index < -0.39 is 0 Å². The van der Waals surface area contributed by atoms with E-state index in [2.05, 4.69) is 23.5 Å². The molecule has 2 aromatic rings. The molecule has 3 rings (SSSR count). The minimum atomic E-state index is 0.0183. The Hall–Kier alpha value is -1.65. The minimum absolute atomic E-state index is 0.0183. The molecule has 1 aliphatic heterocycles. The van der Waals surface area contributed by atoms with Crippen molar-refractivity contribution in [3.05, 3.63) is 57.2 Å². The van der Waals surface area contributed by atoms with Gasteiger partial charge in [0.2, 0.25) is 5.91 Å². The molecule has 1 atom stereocenters. The van der Waals surface area contributed by atoms with Crippen LogP contribution in [0.2, 0.25) is 5.02 Å². The second-order valence-corrected chi connectivity index (χ2v) is 7.40. The fraction of sp³-hybridized carbons (Fsp3) is 0.368. The monoisotopic (exact) mass is 360 g/mol. The molecule has 0 spiro atoms. The Kier molecular flexibility index (Phi) is 5.69. The van der Waals surface area contributed by atoms with Crippen molar-refractivity contribution >= 4 is 34.6 Å². The van der Waals surface area contributed by atoms with Gasteiger partial charge in [-0.15, -0.1) is 11.3 Å². The third kappa shape index (κ3) is 3.87. The van der Waals surface area contributed by atoms with Crippen LogP contribution < -0.4 is 0 Å². The highest BCUT2D eigenvalue weighted by Gasteiger charge is 2.33. The molecule has 1 aliphatic rings. The van der Waals surface area contributed by atoms with Crippen LogP contribution in [0.25, 0.3) is 0 Å². The molecule has 0 N–H and O–H groups in total. The normalized spacial score (nSPS) is 17.2. The molecule has 0 bridgehead atoms. The minimum Gasteiger partial charge on any atom is -0.273 e. The largest absolute Gasteiger partial charge is 0.273 e. The van der Waals surface area contributed by atoms with Gasteiger partial charge in [-0.1, -0.05) is 49.6 Å². The second-order valence-electron chi connectivity index (χ2n) is 5.98. The SMILES string of the molecule is CCCCCC(=O)N1N=C(c2ccc(Cl)cc2)CC1c1cccs1. The smallest absolute Gasteiger partial charge is 0.243 e. The van der Waals surface area contributed by atoms with Crippen LogP contribution >= 0.6 is 22.9 Å². The van der Waals surface area contributed by atoms with Gasteiger partial charge in [-0.3, -0.25) is 4.79 Å². The zero-order chi connectivity index (χ0) is 16.9. The van der Waals surface area contributed by atoms with Crippen molar-refractivity contribution in [3.8, 4) is 0 Å². The molecule has 2 heterocycles. The molecular formula is C19H21ClN2OS. The van der Waals surface area contributed by atoms with E-state index >= 15 is 0 Å². The number of rotatable bonds is 6. The molecule has 0 radical (unpaired) electrons. The van der Waals surface area contributed by atoms with E-state index in [0.29, 0.717) is 11.4 Å². The molecule has 3 nitrogen and oxygen atoms in total. The molecule has 0 fully saturated rings. The van der Waals surface area contributed by atoms with Crippen molar-refractivity contribution in [2.45, 2.75) is 45.1 Å². The average Bonchev–Trinajstić information content (AvgIpc) is 3.25. The van der Waals surface area contributed by atoms with Gasteiger partial charge >= 0.3 is 0 Å². The van der Waals surface area contributed by atoms with Crippen LogP contribution in [0.15, 0.2) is 46.9 Å². The van der Waals surface area contributed by atoms with Gasteiger partial charge < -0.3 is 0 Å². The van der Waals surface area contributed by atoms with Gasteiger partial charge in [0.1, 0.15) is 0 Å². The molecule has 1 aromatic heterocycles. The van der Waals surface area contributed by atoms with Crippen LogP contribution in [0.1, 0.15) is 55.5 Å². The molecule has 1 amide bonds. The first-order valence-corrected chi connectivity index (χ1v) is 9.63. The predicted octanol–water partition coefficient (Wildman–Crippen LogP) is 5.66. The number of carbonyl (C=O) groups is 1. The fourth-order valence-corrected chi connectivity index (χ4v) is 3.84. The number of nitrogens with zero attached hydrogens (tertiary/aromatic N) is 2. The maximum absolute atomic E-state index is 12.7. The van der Waals surface area contributed by atoms with Crippen LogP contribution in [0, 0.1) is 0 Å². The van der Waals surface area contributed by atoms with Crippen molar-refractivity contribution in [1.82, 2.24) is 5.01 Å². The van der Waals surface area contributed by atoms with Crippen LogP contribution in [-0.2, 0) is 4.79 Å². The van der Waals surface area contributed by atoms with Gasteiger partial charge in [-0.2, -0.15) is 5.10 Å². The number of hydrogen-bond acceptors (Lipinski definition) is 3. The summed E-state index contributed by atoms with van der Waals surface area (Å²) in [7, 11) is 0. The van der Waals surface area contributed by atoms with Gasteiger partial charge in [-0.25, -0.2) is 5.01 Å². The molecule has 126 valence electrons. The Morgan fingerprint density at radius 3 is 2.75 bits per heavy atom. The van der Waals surface area contributed by atoms with Gasteiger partial charge in [0, 0.05) is 22.7 Å². The summed E-state index contributed by atoms with van der Waals surface area (Å²) in [6.45, 7) is 2.14. The van der Waals surface area contributed by atoms with Crippen LogP contribution in [-0.4, -0.2) is 16.6 Å². The van der Waals surface area contributed by atoms with E-state index in [1.807, 2.05) is 30.3 Å². The van der Waals surface area contributed by atoms with Crippen molar-refractivity contribution in [2.75, 3.05) is 0 Å². The van der Waals surface area contributed by atoms with E-state index in [-0.39, 0.29) is 11.9 Å². The third-order valence-corrected chi connectivity index (χ3v) is 5.43. The number of unbranched alkanes of at least 4 members (excludes halogenated alkanes) is 2. The highest BCUT2D eigenvalue weighted by molar-refractivity contribution is 7.10. The van der Waals surface area contributed by atoms with Gasteiger partial charge in [-0.05, 0) is 35.6 Å². The van der Waals surface area contributed by atoms with Crippen LogP contribution in [0.5, 0.6) is 0 Å². The summed E-state index contributed by atoms with van der Waals surface area (Å²) >= 11 is 7.66. The zero-order valence-electron chi connectivity index (χ0n) is 13.7. The zero-order valence-corrected chi connectivity index (χ0v) is 15.3. The van der Waals surface area contributed by atoms with E-state index in [9.17, 15) is 4.79 Å². The molecule has 1 aromatic carbocycles. The lowest BCUT2D eigenvalue weighted by Crippen LogP contribution is -2.26. The first-order chi connectivity index (χ1) is 11.7. The number of halogens is 1. The summed E-state index contributed by atoms with van der Waals surface area (Å²) < 4.78 is 0. The molecular weight excluding hydrogens is 340 g/mol. The van der Waals surface area contributed by atoms with E-state index in [1.165, 1.54) is 4.88 Å². The van der Waals surface area contributed by atoms with Gasteiger partial charge in [0.15, 0.2) is 0 Å². The molecule has 24 heavy (non-hydrogen) atoms. The highest BCUT2D eigenvalue weighted by Crippen LogP contribution is 2.35. The molecule has 0 saturated heterocycles. The second kappa shape index (κ2) is 7.95. The lowest BCUT2D eigenvalue weighted by atomic mass is 10.0. The summed E-state index contributed by atoms with van der Waals surface area (Å²) in [6.07, 6.45) is 4.43. The van der Waals surface area contributed by atoms with E-state index in [0.717, 1.165) is 37.0 Å². The molecule has 0 aliphatic carbocycles. The summed E-state index contributed by atoms with van der Waals surface area (Å²) in [5, 5.41) is 9.13. The lowest BCUT2D eigenvalue weighted by Gasteiger charge is -2.20. The number of amides is 1. The molecule has 1 unspecified atom stereocenters. The summed E-state index contributed by atoms with van der Waals surface area (Å²) in [5.74, 6) is 0.116. The summed E-state index contributed by atoms with van der Waals surface area (Å²) in [4.78, 5) is 13.8. The first-order valence-electron chi connectivity index (χ1n) is 8.38. The van der Waals surface area contributed by atoms with Crippen molar-refractivity contribution in [3.63, 3.8) is 0 Å². The Bertz CT molecular complexity index is 709. The van der Waals surface area contributed by atoms with E-state index in [4.69, 9.17) is 11.6 Å². The van der Waals surface area contributed by atoms with Crippen molar-refractivity contribution < 1.29 is 4.79 Å². The van der Waals surface area contributed by atoms with Crippen molar-refractivity contribution in [1.29, 1.82) is 0 Å². The Morgan fingerprint density at radius 2 is 2.08 bits per heavy atom. The number of benzene rings is 1. The standard InChI is InChI=1S/C19H21ClN2OS/c1-2-3-4-7-19(23)22-17(18-6-5-12-24-18)13-16(21-22)14-8-10-15(20)11-9-14/h5-6,8-12,17H,2-4,7,13H2,1H3. The molecule has 0 saturated carbocycles. The highest BCUT2D eigenvalue weighted by atomic mass is 35.5. The van der Waals surface area contributed by atoms with E-state index in [1.54, 1.807) is 16.3 Å². The summed E-state index contributed by atoms with van der Waals surface area (Å²) in [5.41, 5.74) is 1.98. The number of carbonyl (C=O) groups excluding carboxylic acids is 1. The quantitative estimate of drug-likeness (QED) is 0.612. The van der Waals surface area contributed by atoms with Crippen molar-refractivity contribution in [2.24, 2.45) is 5.10 Å². The lowest BCUT2D eigenvalue weighted by molar-refractivity contribution is -0.133. The Labute approximate surface area is 151 Å². The predicted molar refractivity (Wildman–Crippen MR) is 101 cm³/mol. The van der Waals surface area contributed by atoms with Crippen LogP contribution in [0.3, 0.4) is 0 Å². The van der Waals surface area contributed by atoms with Gasteiger partial charge in [0.25, 0.3) is 0 Å². The maximum Gasteiger partial charge on any atom is 0.243 e. The maximum atomic E-state index is 12.7. The molecule has 5 heteroatoms. The number of thiophene rings is 1.